The topological polar surface area (TPSA) is 149 Å². The van der Waals surface area contributed by atoms with Crippen LogP contribution in [-0.4, -0.2) is 45.8 Å². The number of carboxylic acids is 1. The quantitative estimate of drug-likeness (QED) is 0.217. The second kappa shape index (κ2) is 9.75. The van der Waals surface area contributed by atoms with E-state index in [1.165, 1.54) is 6.07 Å². The van der Waals surface area contributed by atoms with Crippen LogP contribution in [0.5, 0.6) is 0 Å². The van der Waals surface area contributed by atoms with Crippen LogP contribution in [0, 0.1) is 0 Å². The molecular weight excluding hydrogens is 737 g/mol. The van der Waals surface area contributed by atoms with Gasteiger partial charge in [-0.3, -0.25) is 0 Å². The molecule has 0 unspecified atom stereocenters. The Balaban J connectivity index is 0.00000289. The number of nitrogens with one attached hydrogen (secondary N) is 2. The van der Waals surface area contributed by atoms with Gasteiger partial charge in [0.1, 0.15) is 22.6 Å². The fraction of sp³-hybridized carbons (Fsp3) is 0. The first kappa shape index (κ1) is 26.1. The number of hydrogen-bond acceptors (Lipinski definition) is 8. The van der Waals surface area contributed by atoms with Crippen molar-refractivity contribution in [2.75, 3.05) is 0 Å². The van der Waals surface area contributed by atoms with E-state index in [0.29, 0.717) is 56.7 Å². The smallest absolute Gasteiger partial charge is 0.545 e. The first-order valence-corrected chi connectivity index (χ1v) is 13.6. The molecule has 2 N–H and O–H groups in total. The van der Waals surface area contributed by atoms with Crippen LogP contribution in [0.15, 0.2) is 91.0 Å². The Bertz CT molecular complexity index is 2510. The molecule has 0 saturated heterocycles. The standard InChI is InChI=1S/C33H18N8O2.Au/c42-33(43)23-15-7-14-22-24(23)32-40-30-21-13-6-5-12-20(21)28(38-30)36-26-17-9-2-1-8-16(17)25(34-26)35-27-18-10-3-4-11-19(18)29(37-27)39-31(22)41-32;/h1-15H,(H,42,43)(H2,34,35,36,37,38,39,40,41);/q;+1/p-1. The average molecular weight is 755 g/mol. The van der Waals surface area contributed by atoms with Crippen molar-refractivity contribution in [3.8, 4) is 45.6 Å². The predicted octanol–water partition coefficient (Wildman–Crippen LogP) is 5.23. The minimum Gasteiger partial charge on any atom is -0.545 e. The Morgan fingerprint density at radius 3 is 1.34 bits per heavy atom. The van der Waals surface area contributed by atoms with Crippen LogP contribution in [0.2, 0.25) is 0 Å². The van der Waals surface area contributed by atoms with E-state index in [-0.39, 0.29) is 27.9 Å². The molecule has 7 aromatic rings. The minimum atomic E-state index is -1.32. The molecule has 5 heterocycles. The summed E-state index contributed by atoms with van der Waals surface area (Å²) in [7, 11) is 0. The number of aromatic nitrogens is 8. The Morgan fingerprint density at radius 1 is 0.477 bits per heavy atom. The van der Waals surface area contributed by atoms with Gasteiger partial charge in [0.15, 0.2) is 23.3 Å². The van der Waals surface area contributed by atoms with Gasteiger partial charge >= 0.3 is 22.4 Å². The third kappa shape index (κ3) is 3.82. The molecule has 8 bridgehead atoms. The van der Waals surface area contributed by atoms with Crippen molar-refractivity contribution in [1.82, 2.24) is 39.9 Å². The molecule has 11 heteroatoms. The first-order valence-electron chi connectivity index (χ1n) is 13.6. The van der Waals surface area contributed by atoms with E-state index >= 15 is 0 Å². The van der Waals surface area contributed by atoms with Gasteiger partial charge in [0, 0.05) is 49.4 Å². The molecule has 0 amide bonds. The monoisotopic (exact) mass is 754 g/mol. The number of carbonyl (C=O) groups excluding carboxylic acids is 1. The van der Waals surface area contributed by atoms with Gasteiger partial charge in [0.05, 0.1) is 5.97 Å². The maximum Gasteiger partial charge on any atom is 1.00 e. The van der Waals surface area contributed by atoms with Gasteiger partial charge in [0.25, 0.3) is 0 Å². The van der Waals surface area contributed by atoms with Gasteiger partial charge in [-0.1, -0.05) is 91.0 Å². The summed E-state index contributed by atoms with van der Waals surface area (Å²) in [5.74, 6) is 0.483. The largest absolute Gasteiger partial charge is 1.00 e. The van der Waals surface area contributed by atoms with E-state index in [2.05, 4.69) is 9.97 Å². The van der Waals surface area contributed by atoms with Crippen LogP contribution >= 0.6 is 0 Å². The van der Waals surface area contributed by atoms with Gasteiger partial charge < -0.3 is 19.9 Å². The summed E-state index contributed by atoms with van der Waals surface area (Å²) < 4.78 is 0. The van der Waals surface area contributed by atoms with Crippen molar-refractivity contribution in [2.24, 2.45) is 0 Å². The van der Waals surface area contributed by atoms with Gasteiger partial charge in [-0.15, -0.1) is 0 Å². The van der Waals surface area contributed by atoms with Gasteiger partial charge in [-0.2, -0.15) is 0 Å². The normalized spacial score (nSPS) is 11.6. The molecule has 44 heavy (non-hydrogen) atoms. The summed E-state index contributed by atoms with van der Waals surface area (Å²) in [5, 5.41) is 14.9. The van der Waals surface area contributed by atoms with Crippen molar-refractivity contribution in [1.29, 1.82) is 0 Å². The molecule has 0 radical (unpaired) electrons. The van der Waals surface area contributed by atoms with Crippen LogP contribution in [0.25, 0.3) is 89.7 Å². The number of H-pyrrole nitrogens is 2. The van der Waals surface area contributed by atoms with E-state index in [1.807, 2.05) is 72.8 Å². The van der Waals surface area contributed by atoms with E-state index < -0.39 is 5.97 Å². The predicted molar refractivity (Wildman–Crippen MR) is 160 cm³/mol. The zero-order valence-electron chi connectivity index (χ0n) is 22.5. The molecule has 0 fully saturated rings. The third-order valence-corrected chi connectivity index (χ3v) is 7.80. The van der Waals surface area contributed by atoms with Gasteiger partial charge in [-0.25, -0.2) is 29.9 Å². The summed E-state index contributed by atoms with van der Waals surface area (Å²) in [5.41, 5.74) is 5.11. The second-order valence-electron chi connectivity index (χ2n) is 10.3. The number of aromatic carboxylic acids is 1. The zero-order chi connectivity index (χ0) is 28.7. The van der Waals surface area contributed by atoms with E-state index in [9.17, 15) is 9.90 Å². The molecule has 0 saturated carbocycles. The molecule has 0 atom stereocenters. The van der Waals surface area contributed by atoms with E-state index in [1.54, 1.807) is 12.1 Å². The summed E-state index contributed by atoms with van der Waals surface area (Å²) in [6.45, 7) is 0. The summed E-state index contributed by atoms with van der Waals surface area (Å²) in [6.07, 6.45) is 0. The molecule has 9 rings (SSSR count). The van der Waals surface area contributed by atoms with Crippen molar-refractivity contribution in [3.63, 3.8) is 0 Å². The molecule has 3 aromatic heterocycles. The number of benzene rings is 4. The Labute approximate surface area is 263 Å². The van der Waals surface area contributed by atoms with E-state index in [4.69, 9.17) is 29.9 Å². The van der Waals surface area contributed by atoms with Crippen LogP contribution in [-0.2, 0) is 22.4 Å². The Morgan fingerprint density at radius 2 is 0.864 bits per heavy atom. The molecule has 0 aliphatic carbocycles. The SMILES string of the molecule is O=C([O-])c1cccc2c3nc4nc(nc5[nH]c(nc6nc(nc([nH]3)c12)-c1ccccc1-6)c1ccccc51)-c1ccccc1-4.[Au+]. The van der Waals surface area contributed by atoms with Crippen molar-refractivity contribution in [3.05, 3.63) is 96.6 Å². The first-order chi connectivity index (χ1) is 21.1. The fourth-order valence-corrected chi connectivity index (χ4v) is 5.86. The summed E-state index contributed by atoms with van der Waals surface area (Å²) in [4.78, 5) is 48.2. The number of carbonyl (C=O) groups is 1. The average Bonchev–Trinajstić information content (AvgIpc) is 3.76. The fourth-order valence-electron chi connectivity index (χ4n) is 5.86. The Hall–Kier alpha value is -5.55. The van der Waals surface area contributed by atoms with Crippen LogP contribution in [0.4, 0.5) is 0 Å². The minimum absolute atomic E-state index is 0. The summed E-state index contributed by atoms with van der Waals surface area (Å²) >= 11 is 0. The molecule has 212 valence electrons. The number of carboxylic acid groups (broad SMARTS) is 1. The van der Waals surface area contributed by atoms with E-state index in [0.717, 1.165) is 33.0 Å². The van der Waals surface area contributed by atoms with Gasteiger partial charge in [-0.05, 0) is 0 Å². The van der Waals surface area contributed by atoms with Crippen molar-refractivity contribution in [2.45, 2.75) is 0 Å². The van der Waals surface area contributed by atoms with Crippen LogP contribution < -0.4 is 5.11 Å². The number of hydrogen-bond donors (Lipinski definition) is 2. The third-order valence-electron chi connectivity index (χ3n) is 7.80. The van der Waals surface area contributed by atoms with Crippen LogP contribution in [0.3, 0.4) is 0 Å². The molecule has 10 nitrogen and oxygen atoms in total. The van der Waals surface area contributed by atoms with Crippen molar-refractivity contribution < 1.29 is 32.3 Å². The molecule has 2 aliphatic rings. The van der Waals surface area contributed by atoms with Crippen molar-refractivity contribution >= 4 is 50.1 Å². The maximum absolute atomic E-state index is 12.2. The molecule has 4 aromatic carbocycles. The number of rotatable bonds is 1. The zero-order valence-corrected chi connectivity index (χ0v) is 24.6. The molecule has 2 aliphatic heterocycles. The number of fused-ring (bicyclic) bond motifs is 20. The number of aromatic amines is 2. The van der Waals surface area contributed by atoms with Crippen LogP contribution in [0.1, 0.15) is 10.4 Å². The number of nitrogens with zero attached hydrogens (tertiary/aromatic N) is 6. The molecular formula is C33H17AuN8O2. The molecule has 0 spiro atoms. The van der Waals surface area contributed by atoms with Gasteiger partial charge in [0.2, 0.25) is 0 Å². The second-order valence-corrected chi connectivity index (χ2v) is 10.3. The maximum atomic E-state index is 12.2. The Kier molecular flexibility index (Phi) is 5.78. The summed E-state index contributed by atoms with van der Waals surface area (Å²) in [6, 6.07) is 28.2.